The summed E-state index contributed by atoms with van der Waals surface area (Å²) in [7, 11) is 0. The predicted octanol–water partition coefficient (Wildman–Crippen LogP) is 2.21. The van der Waals surface area contributed by atoms with Gasteiger partial charge in [-0.3, -0.25) is 9.89 Å². The zero-order chi connectivity index (χ0) is 15.7. The van der Waals surface area contributed by atoms with E-state index in [1.54, 1.807) is 6.92 Å². The molecule has 0 aliphatic heterocycles. The summed E-state index contributed by atoms with van der Waals surface area (Å²) in [6, 6.07) is 8.28. The van der Waals surface area contributed by atoms with Gasteiger partial charge in [0.05, 0.1) is 6.54 Å². The van der Waals surface area contributed by atoms with E-state index < -0.39 is 0 Å². The third-order valence-corrected chi connectivity index (χ3v) is 3.83. The molecule has 2 heterocycles. The van der Waals surface area contributed by atoms with Gasteiger partial charge in [-0.25, -0.2) is 4.98 Å². The van der Waals surface area contributed by atoms with Gasteiger partial charge in [-0.15, -0.1) is 0 Å². The van der Waals surface area contributed by atoms with Gasteiger partial charge in [0.25, 0.3) is 11.3 Å². The van der Waals surface area contributed by atoms with Crippen molar-refractivity contribution in [2.75, 3.05) is 5.32 Å². The van der Waals surface area contributed by atoms with E-state index in [1.165, 1.54) is 10.1 Å². The molecule has 0 spiro atoms. The average molecular weight is 297 g/mol. The van der Waals surface area contributed by atoms with Gasteiger partial charge in [0.1, 0.15) is 5.82 Å². The predicted molar refractivity (Wildman–Crippen MR) is 86.2 cm³/mol. The Bertz CT molecular complexity index is 861. The van der Waals surface area contributed by atoms with Crippen molar-refractivity contribution < 1.29 is 0 Å². The van der Waals surface area contributed by atoms with Crippen molar-refractivity contribution in [1.29, 1.82) is 0 Å². The van der Waals surface area contributed by atoms with Crippen LogP contribution in [0.4, 0.5) is 5.69 Å². The molecule has 114 valence electrons. The molecule has 0 fully saturated rings. The Labute approximate surface area is 128 Å². The Morgan fingerprint density at radius 3 is 2.59 bits per heavy atom. The van der Waals surface area contributed by atoms with Crippen LogP contribution in [0, 0.1) is 13.8 Å². The van der Waals surface area contributed by atoms with Gasteiger partial charge in [0.15, 0.2) is 0 Å². The lowest BCUT2D eigenvalue weighted by molar-refractivity contribution is 0.841. The average Bonchev–Trinajstić information content (AvgIpc) is 2.94. The molecule has 6 nitrogen and oxygen atoms in total. The Balaban J connectivity index is 1.82. The maximum atomic E-state index is 12.1. The largest absolute Gasteiger partial charge is 0.378 e. The maximum Gasteiger partial charge on any atom is 0.277 e. The lowest BCUT2D eigenvalue weighted by Crippen LogP contribution is -2.19. The molecule has 0 amide bonds. The zero-order valence-corrected chi connectivity index (χ0v) is 13.0. The summed E-state index contributed by atoms with van der Waals surface area (Å²) in [6.45, 7) is 6.22. The topological polar surface area (TPSA) is 75.1 Å². The van der Waals surface area contributed by atoms with Crippen molar-refractivity contribution in [2.45, 2.75) is 33.7 Å². The van der Waals surface area contributed by atoms with Gasteiger partial charge in [-0.2, -0.15) is 9.50 Å². The molecule has 2 N–H and O–H groups in total. The third kappa shape index (κ3) is 2.59. The number of nitrogens with one attached hydrogen (secondary N) is 2. The smallest absolute Gasteiger partial charge is 0.277 e. The van der Waals surface area contributed by atoms with Crippen LogP contribution in [-0.4, -0.2) is 19.6 Å². The number of hydrogen-bond donors (Lipinski definition) is 2. The van der Waals surface area contributed by atoms with Gasteiger partial charge < -0.3 is 5.32 Å². The van der Waals surface area contributed by atoms with Crippen LogP contribution in [0.2, 0.25) is 0 Å². The minimum absolute atomic E-state index is 0.103. The first-order valence-corrected chi connectivity index (χ1v) is 7.36. The molecule has 0 atom stereocenters. The Kier molecular flexibility index (Phi) is 3.66. The van der Waals surface area contributed by atoms with Crippen LogP contribution in [0.5, 0.6) is 0 Å². The van der Waals surface area contributed by atoms with Crippen LogP contribution in [-0.2, 0) is 13.0 Å². The zero-order valence-electron chi connectivity index (χ0n) is 13.0. The van der Waals surface area contributed by atoms with E-state index in [0.717, 1.165) is 12.1 Å². The molecule has 3 rings (SSSR count). The lowest BCUT2D eigenvalue weighted by Gasteiger charge is -2.04. The van der Waals surface area contributed by atoms with Crippen LogP contribution in [0.3, 0.4) is 0 Å². The third-order valence-electron chi connectivity index (χ3n) is 3.83. The van der Waals surface area contributed by atoms with Crippen molar-refractivity contribution in [3.05, 3.63) is 57.3 Å². The molecule has 0 aliphatic carbocycles. The second-order valence-corrected chi connectivity index (χ2v) is 5.34. The number of H-pyrrole nitrogens is 1. The van der Waals surface area contributed by atoms with Crippen molar-refractivity contribution in [3.63, 3.8) is 0 Å². The van der Waals surface area contributed by atoms with E-state index >= 15 is 0 Å². The van der Waals surface area contributed by atoms with Crippen molar-refractivity contribution in [1.82, 2.24) is 19.6 Å². The molecule has 0 saturated heterocycles. The molecule has 0 saturated carbocycles. The molecule has 0 bridgehead atoms. The second kappa shape index (κ2) is 5.63. The monoisotopic (exact) mass is 297 g/mol. The van der Waals surface area contributed by atoms with E-state index in [9.17, 15) is 4.79 Å². The van der Waals surface area contributed by atoms with Crippen LogP contribution in [0.1, 0.15) is 29.6 Å². The molecule has 0 aliphatic rings. The number of rotatable bonds is 4. The maximum absolute atomic E-state index is 12.1. The Morgan fingerprint density at radius 2 is 1.91 bits per heavy atom. The molecule has 3 aromatic rings. The highest BCUT2D eigenvalue weighted by Gasteiger charge is 2.09. The number of nitrogens with zero attached hydrogens (tertiary/aromatic N) is 3. The van der Waals surface area contributed by atoms with Gasteiger partial charge in [0.2, 0.25) is 0 Å². The number of fused-ring (bicyclic) bond motifs is 1. The van der Waals surface area contributed by atoms with Gasteiger partial charge in [0, 0.05) is 16.9 Å². The summed E-state index contributed by atoms with van der Waals surface area (Å²) in [4.78, 5) is 20.8. The van der Waals surface area contributed by atoms with E-state index in [1.807, 2.05) is 19.1 Å². The molecular formula is C16H19N5O. The number of aromatic amines is 1. The van der Waals surface area contributed by atoms with E-state index in [2.05, 4.69) is 39.4 Å². The highest BCUT2D eigenvalue weighted by Crippen LogP contribution is 2.11. The highest BCUT2D eigenvalue weighted by atomic mass is 16.1. The number of hydrogen-bond acceptors (Lipinski definition) is 4. The number of benzene rings is 1. The Morgan fingerprint density at radius 1 is 1.18 bits per heavy atom. The van der Waals surface area contributed by atoms with Crippen LogP contribution in [0.25, 0.3) is 5.78 Å². The molecule has 0 radical (unpaired) electrons. The SMILES string of the molecule is CCc1ccc(NCc2nc3nc(C)c(C)c(=O)n3[nH]2)cc1. The number of anilines is 1. The van der Waals surface area contributed by atoms with Crippen molar-refractivity contribution in [2.24, 2.45) is 0 Å². The Hall–Kier alpha value is -2.63. The van der Waals surface area contributed by atoms with Gasteiger partial charge >= 0.3 is 0 Å². The first kappa shape index (κ1) is 14.3. The van der Waals surface area contributed by atoms with Crippen molar-refractivity contribution in [3.8, 4) is 0 Å². The fourth-order valence-corrected chi connectivity index (χ4v) is 2.27. The summed E-state index contributed by atoms with van der Waals surface area (Å²) < 4.78 is 1.39. The molecule has 1 aromatic carbocycles. The molecular weight excluding hydrogens is 278 g/mol. The summed E-state index contributed by atoms with van der Waals surface area (Å²) >= 11 is 0. The van der Waals surface area contributed by atoms with Gasteiger partial charge in [-0.05, 0) is 38.0 Å². The summed E-state index contributed by atoms with van der Waals surface area (Å²) in [6.07, 6.45) is 1.02. The highest BCUT2D eigenvalue weighted by molar-refractivity contribution is 5.44. The van der Waals surface area contributed by atoms with Crippen LogP contribution < -0.4 is 10.9 Å². The molecule has 22 heavy (non-hydrogen) atoms. The lowest BCUT2D eigenvalue weighted by atomic mass is 10.1. The first-order valence-electron chi connectivity index (χ1n) is 7.36. The fourth-order valence-electron chi connectivity index (χ4n) is 2.27. The molecule has 2 aromatic heterocycles. The quantitative estimate of drug-likeness (QED) is 0.774. The summed E-state index contributed by atoms with van der Waals surface area (Å²) in [5.41, 5.74) is 3.57. The number of aromatic nitrogens is 4. The first-order chi connectivity index (χ1) is 10.6. The van der Waals surface area contributed by atoms with Crippen molar-refractivity contribution >= 4 is 11.5 Å². The van der Waals surface area contributed by atoms with Gasteiger partial charge in [-0.1, -0.05) is 19.1 Å². The van der Waals surface area contributed by atoms with Crippen LogP contribution in [0.15, 0.2) is 29.1 Å². The second-order valence-electron chi connectivity index (χ2n) is 5.34. The summed E-state index contributed by atoms with van der Waals surface area (Å²) in [5, 5.41) is 6.28. The molecule has 6 heteroatoms. The normalized spacial score (nSPS) is 11.0. The number of aryl methyl sites for hydroxylation is 2. The minimum Gasteiger partial charge on any atom is -0.378 e. The fraction of sp³-hybridized carbons (Fsp3) is 0.312. The summed E-state index contributed by atoms with van der Waals surface area (Å²) in [5.74, 6) is 1.08. The van der Waals surface area contributed by atoms with E-state index in [-0.39, 0.29) is 5.56 Å². The minimum atomic E-state index is -0.103. The van der Waals surface area contributed by atoms with E-state index in [4.69, 9.17) is 0 Å². The molecule has 0 unspecified atom stereocenters. The van der Waals surface area contributed by atoms with Crippen LogP contribution >= 0.6 is 0 Å². The van der Waals surface area contributed by atoms with E-state index in [0.29, 0.717) is 29.4 Å². The standard InChI is InChI=1S/C16H19N5O/c1-4-12-5-7-13(8-6-12)17-9-14-19-16-18-11(3)10(2)15(22)21(16)20-14/h5-8,17H,4,9H2,1-3H3,(H,18,19,20).